The van der Waals surface area contributed by atoms with E-state index in [1.165, 1.54) is 38.8 Å². The minimum Gasteiger partial charge on any atom is -0.256 e. The minimum absolute atomic E-state index is 0.0550. The van der Waals surface area contributed by atoms with E-state index in [0.29, 0.717) is 0 Å². The molecule has 218 valence electrons. The maximum Gasteiger partial charge on any atom is 0.0708 e. The molecule has 0 spiro atoms. The molecular weight excluding hydrogens is 544 g/mol. The van der Waals surface area contributed by atoms with Crippen molar-refractivity contribution in [1.82, 2.24) is 9.97 Å². The zero-order valence-electron chi connectivity index (χ0n) is 26.3. The van der Waals surface area contributed by atoms with Gasteiger partial charge in [0.15, 0.2) is 0 Å². The Kier molecular flexibility index (Phi) is 7.35. The molecule has 2 nitrogen and oxygen atoms in total. The lowest BCUT2D eigenvalue weighted by Gasteiger charge is -2.19. The van der Waals surface area contributed by atoms with Crippen molar-refractivity contribution in [1.29, 1.82) is 0 Å². The number of nitrogens with zero attached hydrogens (tertiary/aromatic N) is 2. The summed E-state index contributed by atoms with van der Waals surface area (Å²) in [6.45, 7) is 8.92. The number of hydrogen-bond acceptors (Lipinski definition) is 2. The third-order valence-electron chi connectivity index (χ3n) is 8.70. The van der Waals surface area contributed by atoms with Crippen LogP contribution in [0.1, 0.15) is 31.9 Å². The zero-order valence-corrected chi connectivity index (χ0v) is 26.3. The van der Waals surface area contributed by atoms with Crippen molar-refractivity contribution in [3.05, 3.63) is 157 Å². The Morgan fingerprint density at radius 3 is 1.87 bits per heavy atom. The van der Waals surface area contributed by atoms with E-state index in [1.54, 1.807) is 0 Å². The first kappa shape index (κ1) is 28.4. The van der Waals surface area contributed by atoms with E-state index in [0.717, 1.165) is 39.0 Å². The molecule has 0 atom stereocenters. The van der Waals surface area contributed by atoms with E-state index in [9.17, 15) is 0 Å². The largest absolute Gasteiger partial charge is 0.256 e. The average molecular weight is 581 g/mol. The molecule has 0 N–H and O–H groups in total. The molecule has 0 amide bonds. The van der Waals surface area contributed by atoms with Crippen LogP contribution >= 0.6 is 0 Å². The minimum atomic E-state index is 0.0550. The van der Waals surface area contributed by atoms with Crippen LogP contribution in [0.25, 0.3) is 66.7 Å². The van der Waals surface area contributed by atoms with Crippen molar-refractivity contribution in [3.8, 4) is 55.9 Å². The van der Waals surface area contributed by atoms with Crippen molar-refractivity contribution < 1.29 is 0 Å². The van der Waals surface area contributed by atoms with Crippen LogP contribution < -0.4 is 0 Å². The molecule has 7 rings (SSSR count). The number of rotatable bonds is 5. The first-order chi connectivity index (χ1) is 21.8. The quantitative estimate of drug-likeness (QED) is 0.202. The third-order valence-corrected chi connectivity index (χ3v) is 8.70. The Labute approximate surface area is 266 Å². The van der Waals surface area contributed by atoms with Crippen LogP contribution in [0.5, 0.6) is 0 Å². The van der Waals surface area contributed by atoms with Gasteiger partial charge in [-0.2, -0.15) is 0 Å². The van der Waals surface area contributed by atoms with Gasteiger partial charge in [0.25, 0.3) is 0 Å². The summed E-state index contributed by atoms with van der Waals surface area (Å²) < 4.78 is 0. The molecule has 0 aliphatic heterocycles. The fraction of sp³-hybridized carbons (Fsp3) is 0.116. The van der Waals surface area contributed by atoms with Gasteiger partial charge in [-0.05, 0) is 92.6 Å². The van der Waals surface area contributed by atoms with Gasteiger partial charge in [0.2, 0.25) is 0 Å². The van der Waals surface area contributed by atoms with Crippen LogP contribution in [0, 0.1) is 6.92 Å². The molecule has 0 fully saturated rings. The highest BCUT2D eigenvalue weighted by Crippen LogP contribution is 2.40. The van der Waals surface area contributed by atoms with Crippen molar-refractivity contribution in [2.45, 2.75) is 33.1 Å². The van der Waals surface area contributed by atoms with E-state index in [4.69, 9.17) is 9.97 Å². The number of benzene rings is 5. The number of pyridine rings is 2. The first-order valence-corrected chi connectivity index (χ1v) is 15.6. The second-order valence-corrected chi connectivity index (χ2v) is 12.8. The molecule has 2 aromatic heterocycles. The smallest absolute Gasteiger partial charge is 0.0708 e. The normalized spacial score (nSPS) is 11.6. The fourth-order valence-corrected chi connectivity index (χ4v) is 6.12. The topological polar surface area (TPSA) is 25.8 Å². The Balaban J connectivity index is 1.42. The molecule has 0 bridgehead atoms. The Morgan fingerprint density at radius 1 is 0.444 bits per heavy atom. The Hall–Kier alpha value is -5.34. The molecule has 0 aliphatic carbocycles. The lowest BCUT2D eigenvalue weighted by atomic mass is 9.86. The number of aromatic nitrogens is 2. The summed E-state index contributed by atoms with van der Waals surface area (Å²) in [5.74, 6) is 0. The SMILES string of the molecule is Cc1ccc(-c2ccccc2)cc1-c1ccc(-c2cccc(-c3cc(C(C)(C)C)ccn3)c2)c2cnc(-c3ccccc3)cc12. The fourth-order valence-electron chi connectivity index (χ4n) is 6.12. The van der Waals surface area contributed by atoms with Crippen molar-refractivity contribution in [2.24, 2.45) is 0 Å². The number of hydrogen-bond donors (Lipinski definition) is 0. The van der Waals surface area contributed by atoms with Gasteiger partial charge < -0.3 is 0 Å². The highest BCUT2D eigenvalue weighted by Gasteiger charge is 2.17. The maximum absolute atomic E-state index is 4.99. The highest BCUT2D eigenvalue weighted by molar-refractivity contribution is 6.06. The molecule has 45 heavy (non-hydrogen) atoms. The molecule has 0 aliphatic rings. The molecule has 5 aromatic carbocycles. The molecule has 2 heterocycles. The molecule has 0 saturated carbocycles. The summed E-state index contributed by atoms with van der Waals surface area (Å²) in [5.41, 5.74) is 13.9. The van der Waals surface area contributed by atoms with Gasteiger partial charge in [-0.3, -0.25) is 9.97 Å². The third kappa shape index (κ3) is 5.68. The molecule has 2 heteroatoms. The van der Waals surface area contributed by atoms with E-state index in [-0.39, 0.29) is 5.41 Å². The molecule has 7 aromatic rings. The summed E-state index contributed by atoms with van der Waals surface area (Å²) in [6, 6.07) is 47.7. The van der Waals surface area contributed by atoms with Gasteiger partial charge in [-0.15, -0.1) is 0 Å². The summed E-state index contributed by atoms with van der Waals surface area (Å²) >= 11 is 0. The molecule has 0 saturated heterocycles. The Bertz CT molecular complexity index is 2140. The standard InChI is InChI=1S/C43H36N2/c1-29-18-19-32(30-12-7-5-8-13-30)25-38(29)37-21-20-36(40-28-45-42(27-39(37)40)31-14-9-6-10-15-31)33-16-11-17-34(24-33)41-26-35(22-23-44-41)43(2,3)4/h5-28H,1-4H3. The van der Waals surface area contributed by atoms with Crippen molar-refractivity contribution in [2.75, 3.05) is 0 Å². The van der Waals surface area contributed by atoms with E-state index >= 15 is 0 Å². The number of fused-ring (bicyclic) bond motifs is 1. The summed E-state index contributed by atoms with van der Waals surface area (Å²) in [5, 5.41) is 2.32. The predicted octanol–water partition coefficient (Wildman–Crippen LogP) is 11.6. The van der Waals surface area contributed by atoms with Crippen LogP contribution in [0.3, 0.4) is 0 Å². The van der Waals surface area contributed by atoms with Gasteiger partial charge in [-0.1, -0.05) is 124 Å². The predicted molar refractivity (Wildman–Crippen MR) is 190 cm³/mol. The maximum atomic E-state index is 4.99. The second kappa shape index (κ2) is 11.6. The van der Waals surface area contributed by atoms with Gasteiger partial charge in [0.05, 0.1) is 11.4 Å². The average Bonchev–Trinajstić information content (AvgIpc) is 3.08. The van der Waals surface area contributed by atoms with Gasteiger partial charge in [0.1, 0.15) is 0 Å². The van der Waals surface area contributed by atoms with Gasteiger partial charge >= 0.3 is 0 Å². The van der Waals surface area contributed by atoms with E-state index in [2.05, 4.69) is 161 Å². The summed E-state index contributed by atoms with van der Waals surface area (Å²) in [4.78, 5) is 9.74. The summed E-state index contributed by atoms with van der Waals surface area (Å²) in [7, 11) is 0. The monoisotopic (exact) mass is 580 g/mol. The van der Waals surface area contributed by atoms with Crippen LogP contribution in [0.15, 0.2) is 146 Å². The van der Waals surface area contributed by atoms with Crippen LogP contribution in [-0.2, 0) is 5.41 Å². The first-order valence-electron chi connectivity index (χ1n) is 15.6. The lowest BCUT2D eigenvalue weighted by Crippen LogP contribution is -2.11. The molecule has 0 unspecified atom stereocenters. The number of aryl methyl sites for hydroxylation is 1. The lowest BCUT2D eigenvalue weighted by molar-refractivity contribution is 0.589. The van der Waals surface area contributed by atoms with Crippen molar-refractivity contribution in [3.63, 3.8) is 0 Å². The van der Waals surface area contributed by atoms with Crippen LogP contribution in [-0.4, -0.2) is 9.97 Å². The Morgan fingerprint density at radius 2 is 1.11 bits per heavy atom. The van der Waals surface area contributed by atoms with E-state index in [1.807, 2.05) is 12.3 Å². The second-order valence-electron chi connectivity index (χ2n) is 12.8. The zero-order chi connectivity index (χ0) is 31.0. The van der Waals surface area contributed by atoms with Gasteiger partial charge in [-0.25, -0.2) is 0 Å². The van der Waals surface area contributed by atoms with Gasteiger partial charge in [0, 0.05) is 28.9 Å². The van der Waals surface area contributed by atoms with Crippen LogP contribution in [0.2, 0.25) is 0 Å². The van der Waals surface area contributed by atoms with E-state index < -0.39 is 0 Å². The molecule has 0 radical (unpaired) electrons. The van der Waals surface area contributed by atoms with Crippen molar-refractivity contribution >= 4 is 10.8 Å². The highest BCUT2D eigenvalue weighted by atomic mass is 14.7. The summed E-state index contributed by atoms with van der Waals surface area (Å²) in [6.07, 6.45) is 3.98. The van der Waals surface area contributed by atoms with Crippen LogP contribution in [0.4, 0.5) is 0 Å². The molecular formula is C43H36N2.